The van der Waals surface area contributed by atoms with Crippen LogP contribution in [0.1, 0.15) is 45.4 Å². The maximum atomic E-state index is 13.7. The van der Waals surface area contributed by atoms with Gasteiger partial charge in [0.2, 0.25) is 0 Å². The van der Waals surface area contributed by atoms with Gasteiger partial charge in [-0.15, -0.1) is 0 Å². The molecule has 0 radical (unpaired) electrons. The highest BCUT2D eigenvalue weighted by molar-refractivity contribution is 5.84. The van der Waals surface area contributed by atoms with E-state index in [0.29, 0.717) is 12.8 Å². The molecule has 0 heterocycles. The summed E-state index contributed by atoms with van der Waals surface area (Å²) in [6.45, 7) is 0.563. The maximum absolute atomic E-state index is 13.7. The van der Waals surface area contributed by atoms with Crippen LogP contribution >= 0.6 is 0 Å². The molecule has 1 fully saturated rings. The van der Waals surface area contributed by atoms with Gasteiger partial charge >= 0.3 is 18.0 Å². The monoisotopic (exact) mass is 352 g/mol. The number of hydrogen-bond donors (Lipinski definition) is 0. The fourth-order valence-electron chi connectivity index (χ4n) is 2.70. The number of halogens is 7. The Morgan fingerprint density at radius 3 is 2.00 bits per heavy atom. The molecule has 0 bridgehead atoms. The van der Waals surface area contributed by atoms with Gasteiger partial charge in [0.05, 0.1) is 0 Å². The van der Waals surface area contributed by atoms with Gasteiger partial charge in [0.25, 0.3) is 0 Å². The summed E-state index contributed by atoms with van der Waals surface area (Å²) < 4.78 is 94.8. The first-order chi connectivity index (χ1) is 10.4. The Bertz CT molecular complexity index is 400. The van der Waals surface area contributed by atoms with E-state index in [0.717, 1.165) is 26.2 Å². The average molecular weight is 352 g/mol. The first kappa shape index (κ1) is 20.2. The van der Waals surface area contributed by atoms with Crippen molar-refractivity contribution in [3.05, 3.63) is 0 Å². The van der Waals surface area contributed by atoms with Crippen LogP contribution in [0.15, 0.2) is 0 Å². The molecule has 136 valence electrons. The first-order valence-electron chi connectivity index (χ1n) is 7.41. The van der Waals surface area contributed by atoms with E-state index in [2.05, 4.69) is 4.74 Å². The van der Waals surface area contributed by atoms with E-state index in [-0.39, 0.29) is 5.92 Å². The fraction of sp³-hybridized carbons (Fsp3) is 0.929. The number of Topliss-reactive ketones (excluding diaryl/α,β-unsaturated/α-hetero) is 1. The SMILES string of the molecule is CCOC(C(=O)CC1CCCCC1)C(F)(F)C(F)(F)C(F)(F)F. The summed E-state index contributed by atoms with van der Waals surface area (Å²) in [5.74, 6) is -13.7. The van der Waals surface area contributed by atoms with Gasteiger partial charge in [-0.25, -0.2) is 0 Å². The summed E-state index contributed by atoms with van der Waals surface area (Å²) in [5, 5.41) is 0. The van der Waals surface area contributed by atoms with E-state index in [4.69, 9.17) is 0 Å². The molecule has 0 aliphatic heterocycles. The molecule has 0 aromatic carbocycles. The van der Waals surface area contributed by atoms with Gasteiger partial charge in [-0.3, -0.25) is 4.79 Å². The fourth-order valence-corrected chi connectivity index (χ4v) is 2.70. The molecule has 23 heavy (non-hydrogen) atoms. The van der Waals surface area contributed by atoms with Gasteiger partial charge in [0.1, 0.15) is 0 Å². The van der Waals surface area contributed by atoms with E-state index < -0.39 is 42.9 Å². The maximum Gasteiger partial charge on any atom is 0.459 e. The molecular formula is C14H19F7O2. The van der Waals surface area contributed by atoms with Crippen molar-refractivity contribution in [1.82, 2.24) is 0 Å². The molecule has 0 saturated heterocycles. The molecule has 0 aromatic rings. The van der Waals surface area contributed by atoms with Crippen molar-refractivity contribution in [2.24, 2.45) is 5.92 Å². The molecule has 0 spiro atoms. The van der Waals surface area contributed by atoms with Gasteiger partial charge in [-0.2, -0.15) is 30.7 Å². The molecule has 0 N–H and O–H groups in total. The molecule has 2 nitrogen and oxygen atoms in total. The minimum atomic E-state index is -6.48. The van der Waals surface area contributed by atoms with E-state index in [1.54, 1.807) is 0 Å². The van der Waals surface area contributed by atoms with E-state index >= 15 is 0 Å². The summed E-state index contributed by atoms with van der Waals surface area (Å²) in [7, 11) is 0. The minimum Gasteiger partial charge on any atom is -0.364 e. The van der Waals surface area contributed by atoms with Gasteiger partial charge in [0.15, 0.2) is 11.9 Å². The van der Waals surface area contributed by atoms with Crippen LogP contribution in [0.3, 0.4) is 0 Å². The van der Waals surface area contributed by atoms with E-state index in [1.165, 1.54) is 0 Å². The lowest BCUT2D eigenvalue weighted by atomic mass is 9.84. The zero-order chi connectivity index (χ0) is 17.9. The van der Waals surface area contributed by atoms with Crippen molar-refractivity contribution in [2.75, 3.05) is 6.61 Å². The second-order valence-corrected chi connectivity index (χ2v) is 5.70. The van der Waals surface area contributed by atoms with Crippen molar-refractivity contribution in [1.29, 1.82) is 0 Å². The topological polar surface area (TPSA) is 26.3 Å². The number of ketones is 1. The quantitative estimate of drug-likeness (QED) is 0.618. The molecule has 1 rings (SSSR count). The third-order valence-electron chi connectivity index (χ3n) is 3.94. The lowest BCUT2D eigenvalue weighted by molar-refractivity contribution is -0.369. The summed E-state index contributed by atoms with van der Waals surface area (Å²) >= 11 is 0. The predicted molar refractivity (Wildman–Crippen MR) is 67.6 cm³/mol. The number of rotatable bonds is 7. The van der Waals surface area contributed by atoms with Crippen LogP contribution in [0, 0.1) is 5.92 Å². The summed E-state index contributed by atoms with van der Waals surface area (Å²) in [4.78, 5) is 11.9. The third kappa shape index (κ3) is 4.36. The molecule has 0 amide bonds. The Morgan fingerprint density at radius 1 is 1.04 bits per heavy atom. The smallest absolute Gasteiger partial charge is 0.364 e. The highest BCUT2D eigenvalue weighted by Gasteiger charge is 2.76. The molecule has 1 aliphatic rings. The predicted octanol–water partition coefficient (Wildman–Crippen LogP) is 4.76. The molecule has 1 atom stereocenters. The summed E-state index contributed by atoms with van der Waals surface area (Å²) in [6, 6.07) is 0. The average Bonchev–Trinajstić information content (AvgIpc) is 2.44. The van der Waals surface area contributed by atoms with Gasteiger partial charge in [-0.05, 0) is 12.8 Å². The van der Waals surface area contributed by atoms with Crippen LogP contribution in [0.2, 0.25) is 0 Å². The van der Waals surface area contributed by atoms with Crippen LogP contribution < -0.4 is 0 Å². The highest BCUT2D eigenvalue weighted by Crippen LogP contribution is 2.49. The normalized spacial score (nSPS) is 19.7. The minimum absolute atomic E-state index is 0.283. The van der Waals surface area contributed by atoms with E-state index in [1.807, 2.05) is 0 Å². The van der Waals surface area contributed by atoms with Crippen LogP contribution in [0.25, 0.3) is 0 Å². The number of carbonyl (C=O) groups excluding carboxylic acids is 1. The Balaban J connectivity index is 2.96. The van der Waals surface area contributed by atoms with Crippen LogP contribution in [-0.2, 0) is 9.53 Å². The highest BCUT2D eigenvalue weighted by atomic mass is 19.4. The van der Waals surface area contributed by atoms with Crippen molar-refractivity contribution in [2.45, 2.75) is 69.6 Å². The van der Waals surface area contributed by atoms with Crippen LogP contribution in [-0.4, -0.2) is 36.5 Å². The van der Waals surface area contributed by atoms with Gasteiger partial charge in [-0.1, -0.05) is 32.1 Å². The Labute approximate surface area is 129 Å². The Kier molecular flexibility index (Phi) is 6.46. The van der Waals surface area contributed by atoms with Crippen molar-refractivity contribution < 1.29 is 40.3 Å². The summed E-state index contributed by atoms with van der Waals surface area (Å²) in [6.07, 6.45) is -6.48. The molecule has 0 aromatic heterocycles. The van der Waals surface area contributed by atoms with Crippen molar-refractivity contribution in [3.8, 4) is 0 Å². The molecular weight excluding hydrogens is 333 g/mol. The van der Waals surface area contributed by atoms with Gasteiger partial charge < -0.3 is 4.74 Å². The molecule has 1 unspecified atom stereocenters. The van der Waals surface area contributed by atoms with Crippen LogP contribution in [0.5, 0.6) is 0 Å². The Hall–Kier alpha value is -0.860. The molecule has 9 heteroatoms. The molecule has 1 aliphatic carbocycles. The van der Waals surface area contributed by atoms with Crippen LogP contribution in [0.4, 0.5) is 30.7 Å². The largest absolute Gasteiger partial charge is 0.459 e. The van der Waals surface area contributed by atoms with E-state index in [9.17, 15) is 35.5 Å². The van der Waals surface area contributed by atoms with Gasteiger partial charge in [0, 0.05) is 13.0 Å². The number of hydrogen-bond acceptors (Lipinski definition) is 2. The lowest BCUT2D eigenvalue weighted by Crippen LogP contribution is -2.60. The number of carbonyl (C=O) groups is 1. The molecule has 1 saturated carbocycles. The van der Waals surface area contributed by atoms with Crippen molar-refractivity contribution >= 4 is 5.78 Å². The first-order valence-corrected chi connectivity index (χ1v) is 7.41. The number of alkyl halides is 7. The Morgan fingerprint density at radius 2 is 1.57 bits per heavy atom. The van der Waals surface area contributed by atoms with Crippen molar-refractivity contribution in [3.63, 3.8) is 0 Å². The zero-order valence-corrected chi connectivity index (χ0v) is 12.6. The number of ether oxygens (including phenoxy) is 1. The lowest BCUT2D eigenvalue weighted by Gasteiger charge is -2.33. The second-order valence-electron chi connectivity index (χ2n) is 5.70. The third-order valence-corrected chi connectivity index (χ3v) is 3.94. The second kappa shape index (κ2) is 7.36. The zero-order valence-electron chi connectivity index (χ0n) is 12.6. The standard InChI is InChI=1S/C14H19F7O2/c1-2-23-11(10(22)8-9-6-4-3-5-7-9)12(15,16)13(17,18)14(19,20)21/h9,11H,2-8H2,1H3. The summed E-state index contributed by atoms with van der Waals surface area (Å²) in [5.41, 5.74) is 0.